The van der Waals surface area contributed by atoms with Crippen molar-refractivity contribution < 1.29 is 4.79 Å². The van der Waals surface area contributed by atoms with Crippen LogP contribution in [-0.2, 0) is 17.8 Å². The Morgan fingerprint density at radius 2 is 1.69 bits per heavy atom. The van der Waals surface area contributed by atoms with E-state index >= 15 is 0 Å². The Kier molecular flexibility index (Phi) is 6.10. The van der Waals surface area contributed by atoms with Crippen LogP contribution in [0.15, 0.2) is 53.3 Å². The van der Waals surface area contributed by atoms with E-state index in [4.69, 9.17) is 11.6 Å². The molecule has 7 nitrogen and oxygen atoms in total. The van der Waals surface area contributed by atoms with Crippen LogP contribution in [-0.4, -0.2) is 32.0 Å². The van der Waals surface area contributed by atoms with Crippen molar-refractivity contribution in [2.45, 2.75) is 33.7 Å². The normalized spacial score (nSPS) is 11.1. The molecule has 0 bridgehead atoms. The lowest BCUT2D eigenvalue weighted by molar-refractivity contribution is -0.121. The van der Waals surface area contributed by atoms with Crippen molar-refractivity contribution in [3.63, 3.8) is 0 Å². The highest BCUT2D eigenvalue weighted by molar-refractivity contribution is 6.30. The molecule has 0 atom stereocenters. The lowest BCUT2D eigenvalue weighted by atomic mass is 10.1. The Morgan fingerprint density at radius 3 is 2.38 bits per heavy atom. The van der Waals surface area contributed by atoms with Gasteiger partial charge in [-0.2, -0.15) is 10.2 Å². The van der Waals surface area contributed by atoms with Gasteiger partial charge in [0.1, 0.15) is 12.1 Å². The number of nitrogens with one attached hydrogen (secondary N) is 1. The zero-order valence-electron chi connectivity index (χ0n) is 18.2. The number of aromatic nitrogens is 4. The summed E-state index contributed by atoms with van der Waals surface area (Å²) in [6.45, 7) is 6.00. The second kappa shape index (κ2) is 8.96. The first-order chi connectivity index (χ1) is 15.3. The lowest BCUT2D eigenvalue weighted by Crippen LogP contribution is -2.35. The van der Waals surface area contributed by atoms with Crippen LogP contribution < -0.4 is 10.9 Å². The van der Waals surface area contributed by atoms with E-state index in [-0.39, 0.29) is 18.0 Å². The second-order valence-electron chi connectivity index (χ2n) is 7.83. The molecule has 0 saturated heterocycles. The van der Waals surface area contributed by atoms with Gasteiger partial charge in [-0.25, -0.2) is 9.36 Å². The molecule has 4 aromatic rings. The minimum absolute atomic E-state index is 0.144. The quantitative estimate of drug-likeness (QED) is 0.488. The number of halogens is 1. The molecule has 8 heteroatoms. The Bertz CT molecular complexity index is 1340. The van der Waals surface area contributed by atoms with E-state index in [1.807, 2.05) is 50.2 Å². The number of rotatable bonds is 6. The molecule has 2 aromatic carbocycles. The molecule has 32 heavy (non-hydrogen) atoms. The molecule has 0 unspecified atom stereocenters. The van der Waals surface area contributed by atoms with Gasteiger partial charge >= 0.3 is 0 Å². The van der Waals surface area contributed by atoms with Crippen molar-refractivity contribution in [2.24, 2.45) is 0 Å². The molecular formula is C24H24ClN5O2. The maximum atomic E-state index is 13.1. The van der Waals surface area contributed by atoms with E-state index in [1.165, 1.54) is 10.2 Å². The molecule has 2 aromatic heterocycles. The summed E-state index contributed by atoms with van der Waals surface area (Å²) < 4.78 is 2.91. The largest absolute Gasteiger partial charge is 0.354 e. The number of amides is 1. The van der Waals surface area contributed by atoms with Gasteiger partial charge < -0.3 is 5.32 Å². The maximum Gasteiger partial charge on any atom is 0.278 e. The van der Waals surface area contributed by atoms with E-state index < -0.39 is 0 Å². The molecule has 2 heterocycles. The molecule has 4 rings (SSSR count). The summed E-state index contributed by atoms with van der Waals surface area (Å²) in [5.41, 5.74) is 4.60. The molecule has 0 aliphatic rings. The van der Waals surface area contributed by atoms with Crippen LogP contribution in [0, 0.1) is 20.8 Å². The molecule has 0 spiro atoms. The number of aryl methyl sites for hydroxylation is 3. The first-order valence-corrected chi connectivity index (χ1v) is 10.8. The van der Waals surface area contributed by atoms with E-state index in [2.05, 4.69) is 15.5 Å². The van der Waals surface area contributed by atoms with E-state index in [0.29, 0.717) is 33.9 Å². The van der Waals surface area contributed by atoms with Crippen molar-refractivity contribution in [1.29, 1.82) is 0 Å². The lowest BCUT2D eigenvalue weighted by Gasteiger charge is -2.08. The van der Waals surface area contributed by atoms with Gasteiger partial charge in [-0.1, -0.05) is 41.4 Å². The van der Waals surface area contributed by atoms with Crippen molar-refractivity contribution in [3.05, 3.63) is 86.4 Å². The number of hydrogen-bond donors (Lipinski definition) is 1. The monoisotopic (exact) mass is 449 g/mol. The third-order valence-electron chi connectivity index (χ3n) is 5.40. The number of benzene rings is 2. The van der Waals surface area contributed by atoms with Crippen LogP contribution >= 0.6 is 11.6 Å². The molecule has 1 N–H and O–H groups in total. The topological polar surface area (TPSA) is 81.8 Å². The average Bonchev–Trinajstić information content (AvgIpc) is 3.12. The smallest absolute Gasteiger partial charge is 0.278 e. The number of carbonyl (C=O) groups is 1. The Morgan fingerprint density at radius 1 is 1.00 bits per heavy atom. The number of hydrogen-bond acceptors (Lipinski definition) is 4. The third-order valence-corrected chi connectivity index (χ3v) is 5.65. The minimum Gasteiger partial charge on any atom is -0.354 e. The molecule has 0 radical (unpaired) electrons. The van der Waals surface area contributed by atoms with E-state index in [9.17, 15) is 9.59 Å². The second-order valence-corrected chi connectivity index (χ2v) is 8.27. The van der Waals surface area contributed by atoms with Crippen LogP contribution in [0.2, 0.25) is 5.02 Å². The third kappa shape index (κ3) is 4.43. The van der Waals surface area contributed by atoms with Gasteiger partial charge in [0.25, 0.3) is 5.56 Å². The summed E-state index contributed by atoms with van der Waals surface area (Å²) in [5, 5.41) is 12.9. The van der Waals surface area contributed by atoms with Crippen LogP contribution in [0.1, 0.15) is 22.5 Å². The van der Waals surface area contributed by atoms with Crippen molar-refractivity contribution in [3.8, 4) is 5.69 Å². The van der Waals surface area contributed by atoms with Crippen LogP contribution in [0.3, 0.4) is 0 Å². The van der Waals surface area contributed by atoms with E-state index in [0.717, 1.165) is 17.7 Å². The van der Waals surface area contributed by atoms with Gasteiger partial charge in [0.15, 0.2) is 0 Å². The van der Waals surface area contributed by atoms with Gasteiger partial charge in [-0.15, -0.1) is 0 Å². The summed E-state index contributed by atoms with van der Waals surface area (Å²) in [6.07, 6.45) is 0.722. The predicted octanol–water partition coefficient (Wildman–Crippen LogP) is 3.52. The van der Waals surface area contributed by atoms with Crippen LogP contribution in [0.5, 0.6) is 0 Å². The standard InChI is InChI=1S/C24H24ClN5O2/c1-15-4-6-18(7-5-15)12-13-26-21(31)14-29-24(32)22-17(3)30(28-23(22)16(2)27-29)20-10-8-19(25)9-11-20/h4-11H,12-14H2,1-3H3,(H,26,31). The molecule has 0 aliphatic heterocycles. The number of carbonyl (C=O) groups excluding carboxylic acids is 1. The first-order valence-electron chi connectivity index (χ1n) is 10.4. The highest BCUT2D eigenvalue weighted by atomic mass is 35.5. The highest BCUT2D eigenvalue weighted by Gasteiger charge is 2.18. The molecule has 0 aliphatic carbocycles. The fourth-order valence-electron chi connectivity index (χ4n) is 3.65. The summed E-state index contributed by atoms with van der Waals surface area (Å²) in [6, 6.07) is 15.4. The van der Waals surface area contributed by atoms with Gasteiger partial charge in [0.05, 0.1) is 22.5 Å². The number of nitrogens with zero attached hydrogens (tertiary/aromatic N) is 4. The summed E-state index contributed by atoms with van der Waals surface area (Å²) in [4.78, 5) is 25.6. The van der Waals surface area contributed by atoms with Gasteiger partial charge in [0, 0.05) is 11.6 Å². The minimum atomic E-state index is -0.336. The van der Waals surface area contributed by atoms with Gasteiger partial charge in [0.2, 0.25) is 5.91 Å². The molecular weight excluding hydrogens is 426 g/mol. The Balaban J connectivity index is 1.54. The molecule has 1 amide bonds. The Labute approximate surface area is 190 Å². The zero-order valence-corrected chi connectivity index (χ0v) is 19.0. The maximum absolute atomic E-state index is 13.1. The first kappa shape index (κ1) is 21.8. The van der Waals surface area contributed by atoms with Crippen molar-refractivity contribution in [1.82, 2.24) is 24.9 Å². The fraction of sp³-hybridized carbons (Fsp3) is 0.250. The zero-order chi connectivity index (χ0) is 22.8. The highest BCUT2D eigenvalue weighted by Crippen LogP contribution is 2.21. The van der Waals surface area contributed by atoms with Crippen LogP contribution in [0.25, 0.3) is 16.6 Å². The molecule has 0 saturated carbocycles. The van der Waals surface area contributed by atoms with Crippen molar-refractivity contribution >= 4 is 28.4 Å². The number of fused-ring (bicyclic) bond motifs is 1. The SMILES string of the molecule is Cc1ccc(CCNC(=O)Cn2nc(C)c3nn(-c4ccc(Cl)cc4)c(C)c3c2=O)cc1. The van der Waals surface area contributed by atoms with Gasteiger partial charge in [-0.05, 0) is 57.0 Å². The average molecular weight is 450 g/mol. The Hall–Kier alpha value is -3.45. The molecule has 0 fully saturated rings. The molecule has 164 valence electrons. The summed E-state index contributed by atoms with van der Waals surface area (Å²) >= 11 is 5.98. The van der Waals surface area contributed by atoms with Crippen molar-refractivity contribution in [2.75, 3.05) is 6.54 Å². The van der Waals surface area contributed by atoms with Crippen LogP contribution in [0.4, 0.5) is 0 Å². The summed E-state index contributed by atoms with van der Waals surface area (Å²) in [7, 11) is 0. The fourth-order valence-corrected chi connectivity index (χ4v) is 3.77. The van der Waals surface area contributed by atoms with E-state index in [1.54, 1.807) is 23.7 Å². The predicted molar refractivity (Wildman–Crippen MR) is 126 cm³/mol. The summed E-state index contributed by atoms with van der Waals surface area (Å²) in [5.74, 6) is -0.256. The van der Waals surface area contributed by atoms with Gasteiger partial charge in [-0.3, -0.25) is 9.59 Å².